The normalized spacial score (nSPS) is 16.7. The first-order valence-electron chi connectivity index (χ1n) is 11.2. The zero-order valence-corrected chi connectivity index (χ0v) is 20.8. The number of methoxy groups -OCH3 is 2. The molecule has 0 radical (unpaired) electrons. The van der Waals surface area contributed by atoms with Gasteiger partial charge in [0.2, 0.25) is 5.75 Å². The van der Waals surface area contributed by atoms with E-state index < -0.39 is 12.0 Å². The second kappa shape index (κ2) is 10.9. The number of likely N-dealkylation sites (tertiary alicyclic amines) is 1. The molecule has 1 heterocycles. The molecule has 1 fully saturated rings. The van der Waals surface area contributed by atoms with E-state index in [0.29, 0.717) is 36.8 Å². The lowest BCUT2D eigenvalue weighted by molar-refractivity contribution is -0.142. The number of carboxylic acid groups (broad SMARTS) is 1. The van der Waals surface area contributed by atoms with Crippen molar-refractivity contribution in [1.82, 2.24) is 4.90 Å². The fourth-order valence-electron chi connectivity index (χ4n) is 4.55. The van der Waals surface area contributed by atoms with E-state index in [-0.39, 0.29) is 6.04 Å². The standard InChI is InChI=1S/C27H28BrNO5/c1-32-23-15-20(16-24(33-2)26(23)34-17-18-8-4-3-5-9-18)25(19-10-6-11-21(28)14-19)29-13-7-12-22(29)27(30)31/h3-6,8-11,14-16,22,25H,7,12-13,17H2,1-2H3,(H,30,31). The van der Waals surface area contributed by atoms with Gasteiger partial charge in [0.05, 0.1) is 20.3 Å². The fourth-order valence-corrected chi connectivity index (χ4v) is 4.96. The summed E-state index contributed by atoms with van der Waals surface area (Å²) in [5.74, 6) is 0.786. The molecule has 1 aliphatic rings. The van der Waals surface area contributed by atoms with Gasteiger partial charge in [0.1, 0.15) is 12.6 Å². The lowest BCUT2D eigenvalue weighted by Gasteiger charge is -2.32. The summed E-state index contributed by atoms with van der Waals surface area (Å²) in [6, 6.07) is 20.9. The number of benzene rings is 3. The van der Waals surface area contributed by atoms with Gasteiger partial charge in [-0.25, -0.2) is 0 Å². The van der Waals surface area contributed by atoms with Crippen LogP contribution in [0.5, 0.6) is 17.2 Å². The zero-order chi connectivity index (χ0) is 24.1. The minimum absolute atomic E-state index is 0.285. The van der Waals surface area contributed by atoms with Gasteiger partial charge in [-0.3, -0.25) is 9.69 Å². The summed E-state index contributed by atoms with van der Waals surface area (Å²) in [6.07, 6.45) is 1.44. The Morgan fingerprint density at radius 3 is 2.35 bits per heavy atom. The van der Waals surface area contributed by atoms with E-state index in [1.165, 1.54) is 0 Å². The molecule has 2 unspecified atom stereocenters. The van der Waals surface area contributed by atoms with Crippen LogP contribution in [0.15, 0.2) is 71.2 Å². The van der Waals surface area contributed by atoms with Crippen molar-refractivity contribution >= 4 is 21.9 Å². The minimum Gasteiger partial charge on any atom is -0.493 e. The number of carbonyl (C=O) groups is 1. The maximum atomic E-state index is 12.0. The first-order chi connectivity index (χ1) is 16.5. The van der Waals surface area contributed by atoms with Crippen LogP contribution in [0.1, 0.15) is 35.6 Å². The van der Waals surface area contributed by atoms with Gasteiger partial charge in [0.25, 0.3) is 0 Å². The van der Waals surface area contributed by atoms with Crippen LogP contribution >= 0.6 is 15.9 Å². The van der Waals surface area contributed by atoms with Gasteiger partial charge in [-0.05, 0) is 53.8 Å². The summed E-state index contributed by atoms with van der Waals surface area (Å²) in [5, 5.41) is 9.88. The fraction of sp³-hybridized carbons (Fsp3) is 0.296. The van der Waals surface area contributed by atoms with E-state index in [9.17, 15) is 9.90 Å². The average molecular weight is 526 g/mol. The van der Waals surface area contributed by atoms with Crippen LogP contribution in [-0.2, 0) is 11.4 Å². The quantitative estimate of drug-likeness (QED) is 0.387. The van der Waals surface area contributed by atoms with Crippen molar-refractivity contribution in [3.05, 3.63) is 87.9 Å². The van der Waals surface area contributed by atoms with Crippen molar-refractivity contribution in [2.24, 2.45) is 0 Å². The summed E-state index contributed by atoms with van der Waals surface area (Å²) in [7, 11) is 3.19. The van der Waals surface area contributed by atoms with Crippen LogP contribution in [0.2, 0.25) is 0 Å². The number of hydrogen-bond acceptors (Lipinski definition) is 5. The van der Waals surface area contributed by atoms with Gasteiger partial charge in [0, 0.05) is 11.0 Å². The predicted molar refractivity (Wildman–Crippen MR) is 134 cm³/mol. The number of rotatable bonds is 9. The zero-order valence-electron chi connectivity index (χ0n) is 19.2. The molecule has 178 valence electrons. The van der Waals surface area contributed by atoms with E-state index in [4.69, 9.17) is 14.2 Å². The van der Waals surface area contributed by atoms with Gasteiger partial charge >= 0.3 is 5.97 Å². The van der Waals surface area contributed by atoms with Gasteiger partial charge in [-0.2, -0.15) is 0 Å². The summed E-state index contributed by atoms with van der Waals surface area (Å²) in [4.78, 5) is 14.1. The molecule has 0 bridgehead atoms. The molecular weight excluding hydrogens is 498 g/mol. The summed E-state index contributed by atoms with van der Waals surface area (Å²) < 4.78 is 18.5. The Hall–Kier alpha value is -3.03. The molecule has 6 nitrogen and oxygen atoms in total. The number of carboxylic acids is 1. The molecule has 34 heavy (non-hydrogen) atoms. The van der Waals surface area contributed by atoms with Crippen molar-refractivity contribution in [3.8, 4) is 17.2 Å². The van der Waals surface area contributed by atoms with Gasteiger partial charge < -0.3 is 19.3 Å². The smallest absolute Gasteiger partial charge is 0.320 e. The first kappa shape index (κ1) is 24.1. The van der Waals surface area contributed by atoms with Crippen LogP contribution in [0.4, 0.5) is 0 Å². The highest BCUT2D eigenvalue weighted by Gasteiger charge is 2.37. The van der Waals surface area contributed by atoms with E-state index >= 15 is 0 Å². The molecule has 0 saturated carbocycles. The molecule has 1 aliphatic heterocycles. The first-order valence-corrected chi connectivity index (χ1v) is 12.0. The third-order valence-corrected chi connectivity index (χ3v) is 6.59. The molecule has 7 heteroatoms. The SMILES string of the molecule is COc1cc(C(c2cccc(Br)c2)N2CCCC2C(=O)O)cc(OC)c1OCc1ccccc1. The lowest BCUT2D eigenvalue weighted by atomic mass is 9.95. The monoisotopic (exact) mass is 525 g/mol. The van der Waals surface area contributed by atoms with Gasteiger partial charge in [-0.1, -0.05) is 58.4 Å². The van der Waals surface area contributed by atoms with Gasteiger partial charge in [0.15, 0.2) is 11.5 Å². The Balaban J connectivity index is 1.77. The number of aliphatic carboxylic acids is 1. The molecule has 1 N–H and O–H groups in total. The largest absolute Gasteiger partial charge is 0.493 e. The van der Waals surface area contributed by atoms with Crippen molar-refractivity contribution in [3.63, 3.8) is 0 Å². The maximum Gasteiger partial charge on any atom is 0.320 e. The Kier molecular flexibility index (Phi) is 7.75. The number of hydrogen-bond donors (Lipinski definition) is 1. The number of nitrogens with zero attached hydrogens (tertiary/aromatic N) is 1. The molecule has 0 spiro atoms. The third-order valence-electron chi connectivity index (χ3n) is 6.10. The minimum atomic E-state index is -0.806. The molecule has 3 aromatic rings. The second-order valence-corrected chi connectivity index (χ2v) is 9.14. The van der Waals surface area contributed by atoms with Crippen LogP contribution in [0.3, 0.4) is 0 Å². The highest BCUT2D eigenvalue weighted by molar-refractivity contribution is 9.10. The summed E-state index contributed by atoms with van der Waals surface area (Å²) >= 11 is 3.56. The molecule has 1 saturated heterocycles. The van der Waals surface area contributed by atoms with Crippen LogP contribution in [-0.4, -0.2) is 42.8 Å². The van der Waals surface area contributed by atoms with E-state index in [2.05, 4.69) is 15.9 Å². The molecule has 0 amide bonds. The molecular formula is C27H28BrNO5. The van der Waals surface area contributed by atoms with E-state index in [0.717, 1.165) is 27.6 Å². The van der Waals surface area contributed by atoms with Crippen LogP contribution in [0.25, 0.3) is 0 Å². The molecule has 3 aromatic carbocycles. The Bertz CT molecular complexity index is 1110. The average Bonchev–Trinajstić information content (AvgIpc) is 3.33. The van der Waals surface area contributed by atoms with Crippen molar-refractivity contribution in [2.75, 3.05) is 20.8 Å². The predicted octanol–water partition coefficient (Wildman–Crippen LogP) is 5.68. The highest BCUT2D eigenvalue weighted by atomic mass is 79.9. The number of halogens is 1. The van der Waals surface area contributed by atoms with Gasteiger partial charge in [-0.15, -0.1) is 0 Å². The Labute approximate surface area is 208 Å². The Morgan fingerprint density at radius 2 is 1.74 bits per heavy atom. The maximum absolute atomic E-state index is 12.0. The second-order valence-electron chi connectivity index (χ2n) is 8.22. The third kappa shape index (κ3) is 5.21. The molecule has 0 aromatic heterocycles. The molecule has 4 rings (SSSR count). The van der Waals surface area contributed by atoms with Crippen LogP contribution in [0, 0.1) is 0 Å². The summed E-state index contributed by atoms with van der Waals surface area (Å²) in [6.45, 7) is 1.06. The van der Waals surface area contributed by atoms with Crippen molar-refractivity contribution < 1.29 is 24.1 Å². The summed E-state index contributed by atoms with van der Waals surface area (Å²) in [5.41, 5.74) is 2.90. The highest BCUT2D eigenvalue weighted by Crippen LogP contribution is 2.44. The topological polar surface area (TPSA) is 68.2 Å². The number of ether oxygens (including phenoxy) is 3. The van der Waals surface area contributed by atoms with Crippen molar-refractivity contribution in [1.29, 1.82) is 0 Å². The molecule has 2 atom stereocenters. The van der Waals surface area contributed by atoms with E-state index in [1.54, 1.807) is 14.2 Å². The van der Waals surface area contributed by atoms with Crippen LogP contribution < -0.4 is 14.2 Å². The lowest BCUT2D eigenvalue weighted by Crippen LogP contribution is -2.39. The van der Waals surface area contributed by atoms with E-state index in [1.807, 2.05) is 71.6 Å². The molecule has 0 aliphatic carbocycles. The Morgan fingerprint density at radius 1 is 1.03 bits per heavy atom. The van der Waals surface area contributed by atoms with Crippen molar-refractivity contribution in [2.45, 2.75) is 31.5 Å².